The Morgan fingerprint density at radius 2 is 2.06 bits per heavy atom. The van der Waals surface area contributed by atoms with E-state index in [4.69, 9.17) is 10.5 Å². The molecule has 1 saturated carbocycles. The van der Waals surface area contributed by atoms with Crippen LogP contribution in [0.3, 0.4) is 0 Å². The van der Waals surface area contributed by atoms with Gasteiger partial charge in [0.15, 0.2) is 11.6 Å². The summed E-state index contributed by atoms with van der Waals surface area (Å²) in [6, 6.07) is 4.87. The Balaban J connectivity index is 2.27. The molecule has 1 aromatic carbocycles. The summed E-state index contributed by atoms with van der Waals surface area (Å²) < 4.78 is 18.6. The maximum absolute atomic E-state index is 13.5. The minimum Gasteiger partial charge on any atom is -0.493 e. The lowest BCUT2D eigenvalue weighted by molar-refractivity contribution is 0.363. The van der Waals surface area contributed by atoms with Crippen LogP contribution < -0.4 is 10.5 Å². The van der Waals surface area contributed by atoms with Gasteiger partial charge in [0.1, 0.15) is 0 Å². The van der Waals surface area contributed by atoms with Gasteiger partial charge in [0, 0.05) is 11.6 Å². The fraction of sp³-hybridized carbons (Fsp3) is 0.538. The van der Waals surface area contributed by atoms with Gasteiger partial charge in [0.2, 0.25) is 0 Å². The molecule has 2 nitrogen and oxygen atoms in total. The van der Waals surface area contributed by atoms with Crippen LogP contribution in [-0.2, 0) is 0 Å². The number of ether oxygens (including phenoxy) is 1. The van der Waals surface area contributed by atoms with E-state index < -0.39 is 0 Å². The fourth-order valence-corrected chi connectivity index (χ4v) is 2.57. The second-order valence-corrected chi connectivity index (χ2v) is 4.43. The molecular weight excluding hydrogens is 205 g/mol. The van der Waals surface area contributed by atoms with Crippen LogP contribution in [-0.4, -0.2) is 7.11 Å². The van der Waals surface area contributed by atoms with Gasteiger partial charge in [-0.3, -0.25) is 0 Å². The number of hydrogen-bond donors (Lipinski definition) is 1. The molecule has 1 fully saturated rings. The van der Waals surface area contributed by atoms with Gasteiger partial charge in [-0.1, -0.05) is 25.0 Å². The van der Waals surface area contributed by atoms with Crippen LogP contribution in [0, 0.1) is 11.7 Å². The summed E-state index contributed by atoms with van der Waals surface area (Å²) in [4.78, 5) is 0. The Labute approximate surface area is 95.6 Å². The molecule has 0 heterocycles. The quantitative estimate of drug-likeness (QED) is 0.854. The Hall–Kier alpha value is -1.09. The maximum Gasteiger partial charge on any atom is 0.165 e. The van der Waals surface area contributed by atoms with Gasteiger partial charge in [-0.05, 0) is 24.8 Å². The smallest absolute Gasteiger partial charge is 0.165 e. The normalized spacial score (nSPS) is 18.7. The van der Waals surface area contributed by atoms with Gasteiger partial charge < -0.3 is 10.5 Å². The summed E-state index contributed by atoms with van der Waals surface area (Å²) in [7, 11) is 1.49. The van der Waals surface area contributed by atoms with E-state index in [0.717, 1.165) is 18.4 Å². The summed E-state index contributed by atoms with van der Waals surface area (Å²) in [6.45, 7) is 0. The summed E-state index contributed by atoms with van der Waals surface area (Å²) >= 11 is 0. The van der Waals surface area contributed by atoms with Gasteiger partial charge in [-0.15, -0.1) is 0 Å². The van der Waals surface area contributed by atoms with Crippen molar-refractivity contribution in [2.75, 3.05) is 7.11 Å². The lowest BCUT2D eigenvalue weighted by atomic mass is 9.92. The lowest BCUT2D eigenvalue weighted by Gasteiger charge is -2.21. The highest BCUT2D eigenvalue weighted by molar-refractivity contribution is 5.37. The van der Waals surface area contributed by atoms with E-state index in [0.29, 0.717) is 11.7 Å². The average molecular weight is 223 g/mol. The van der Waals surface area contributed by atoms with Crippen LogP contribution in [0.5, 0.6) is 5.75 Å². The number of halogens is 1. The van der Waals surface area contributed by atoms with Crippen molar-refractivity contribution in [1.82, 2.24) is 0 Å². The van der Waals surface area contributed by atoms with E-state index in [1.165, 1.54) is 26.0 Å². The second-order valence-electron chi connectivity index (χ2n) is 4.43. The van der Waals surface area contributed by atoms with Gasteiger partial charge in [-0.2, -0.15) is 0 Å². The van der Waals surface area contributed by atoms with E-state index >= 15 is 0 Å². The topological polar surface area (TPSA) is 35.2 Å². The van der Waals surface area contributed by atoms with Crippen LogP contribution in [0.1, 0.15) is 37.3 Å². The molecule has 1 aromatic rings. The molecule has 1 unspecified atom stereocenters. The zero-order valence-electron chi connectivity index (χ0n) is 9.58. The first kappa shape index (κ1) is 11.4. The molecule has 0 aromatic heterocycles. The van der Waals surface area contributed by atoms with E-state index in [9.17, 15) is 4.39 Å². The third-order valence-electron chi connectivity index (χ3n) is 3.47. The van der Waals surface area contributed by atoms with Crippen LogP contribution in [0.4, 0.5) is 4.39 Å². The maximum atomic E-state index is 13.5. The van der Waals surface area contributed by atoms with Gasteiger partial charge >= 0.3 is 0 Å². The summed E-state index contributed by atoms with van der Waals surface area (Å²) in [5.74, 6) is 0.450. The van der Waals surface area contributed by atoms with Crippen LogP contribution in [0.2, 0.25) is 0 Å². The van der Waals surface area contributed by atoms with Crippen molar-refractivity contribution in [3.8, 4) is 5.75 Å². The molecule has 1 aliphatic rings. The zero-order valence-corrected chi connectivity index (χ0v) is 9.58. The predicted octanol–water partition coefficient (Wildman–Crippen LogP) is 3.02. The molecular formula is C13H18FNO. The third kappa shape index (κ3) is 2.05. The van der Waals surface area contributed by atoms with E-state index in [-0.39, 0.29) is 11.9 Å². The van der Waals surface area contributed by atoms with Crippen LogP contribution in [0.15, 0.2) is 18.2 Å². The molecule has 2 N–H and O–H groups in total. The number of para-hydroxylation sites is 1. The van der Waals surface area contributed by atoms with Crippen LogP contribution >= 0.6 is 0 Å². The van der Waals surface area contributed by atoms with Crippen molar-refractivity contribution in [3.05, 3.63) is 29.6 Å². The van der Waals surface area contributed by atoms with Crippen molar-refractivity contribution in [1.29, 1.82) is 0 Å². The number of hydrogen-bond acceptors (Lipinski definition) is 2. The third-order valence-corrected chi connectivity index (χ3v) is 3.47. The highest BCUT2D eigenvalue weighted by Crippen LogP contribution is 2.38. The minimum atomic E-state index is -0.326. The van der Waals surface area contributed by atoms with Crippen LogP contribution in [0.25, 0.3) is 0 Å². The first-order valence-electron chi connectivity index (χ1n) is 5.82. The molecule has 0 amide bonds. The summed E-state index contributed by atoms with van der Waals surface area (Å²) in [5, 5.41) is 0. The average Bonchev–Trinajstić information content (AvgIpc) is 2.81. The molecule has 1 aliphatic carbocycles. The van der Waals surface area contributed by atoms with E-state index in [1.54, 1.807) is 6.07 Å². The van der Waals surface area contributed by atoms with Gasteiger partial charge in [0.25, 0.3) is 0 Å². The molecule has 16 heavy (non-hydrogen) atoms. The molecule has 0 aliphatic heterocycles. The Bertz CT molecular complexity index is 361. The van der Waals surface area contributed by atoms with Crippen molar-refractivity contribution in [3.63, 3.8) is 0 Å². The molecule has 1 atom stereocenters. The highest BCUT2D eigenvalue weighted by atomic mass is 19.1. The number of nitrogens with two attached hydrogens (primary N) is 1. The Kier molecular flexibility index (Phi) is 3.44. The fourth-order valence-electron chi connectivity index (χ4n) is 2.57. The minimum absolute atomic E-state index is 0.104. The van der Waals surface area contributed by atoms with Gasteiger partial charge in [-0.25, -0.2) is 4.39 Å². The Morgan fingerprint density at radius 1 is 1.38 bits per heavy atom. The lowest BCUT2D eigenvalue weighted by Crippen LogP contribution is -2.20. The SMILES string of the molecule is COc1c(F)cccc1C(N)C1CCCC1. The predicted molar refractivity (Wildman–Crippen MR) is 61.8 cm³/mol. The molecule has 0 bridgehead atoms. The molecule has 0 saturated heterocycles. The molecule has 88 valence electrons. The monoisotopic (exact) mass is 223 g/mol. The molecule has 0 spiro atoms. The van der Waals surface area contributed by atoms with Crippen molar-refractivity contribution in [2.45, 2.75) is 31.7 Å². The molecule has 2 rings (SSSR count). The first-order chi connectivity index (χ1) is 7.74. The standard InChI is InChI=1S/C13H18FNO/c1-16-13-10(7-4-8-11(13)14)12(15)9-5-2-3-6-9/h4,7-9,12H,2-3,5-6,15H2,1H3. The zero-order chi connectivity index (χ0) is 11.5. The van der Waals surface area contributed by atoms with Crippen molar-refractivity contribution < 1.29 is 9.13 Å². The van der Waals surface area contributed by atoms with E-state index in [2.05, 4.69) is 0 Å². The summed E-state index contributed by atoms with van der Waals surface area (Å²) in [6.07, 6.45) is 4.74. The van der Waals surface area contributed by atoms with Crippen molar-refractivity contribution >= 4 is 0 Å². The number of benzene rings is 1. The highest BCUT2D eigenvalue weighted by Gasteiger charge is 2.26. The molecule has 0 radical (unpaired) electrons. The summed E-state index contributed by atoms with van der Waals surface area (Å²) in [5.41, 5.74) is 7.00. The van der Waals surface area contributed by atoms with E-state index in [1.807, 2.05) is 6.07 Å². The molecule has 3 heteroatoms. The number of methoxy groups -OCH3 is 1. The largest absolute Gasteiger partial charge is 0.493 e. The Morgan fingerprint density at radius 3 is 2.69 bits per heavy atom. The van der Waals surface area contributed by atoms with Crippen molar-refractivity contribution in [2.24, 2.45) is 11.7 Å². The number of rotatable bonds is 3. The second kappa shape index (κ2) is 4.83. The first-order valence-corrected chi connectivity index (χ1v) is 5.82. The van der Waals surface area contributed by atoms with Gasteiger partial charge in [0.05, 0.1) is 7.11 Å².